The van der Waals surface area contributed by atoms with Gasteiger partial charge in [-0.25, -0.2) is 0 Å². The van der Waals surface area contributed by atoms with Crippen molar-refractivity contribution in [3.63, 3.8) is 0 Å². The minimum atomic E-state index is 1.02. The van der Waals surface area contributed by atoms with Crippen LogP contribution < -0.4 is 0 Å². The SMILES string of the molecule is CC1CCC(C)CC1.[B][B]. The van der Waals surface area contributed by atoms with Gasteiger partial charge in [0.25, 0.3) is 0 Å². The van der Waals surface area contributed by atoms with Crippen molar-refractivity contribution in [2.24, 2.45) is 11.8 Å². The van der Waals surface area contributed by atoms with Crippen molar-refractivity contribution in [3.05, 3.63) is 0 Å². The largest absolute Gasteiger partial charge is 0.0625 e. The molecule has 0 unspecified atom stereocenters. The van der Waals surface area contributed by atoms with E-state index in [2.05, 4.69) is 29.3 Å². The molecule has 0 heterocycles. The van der Waals surface area contributed by atoms with Crippen LogP contribution in [0.25, 0.3) is 0 Å². The van der Waals surface area contributed by atoms with Crippen LogP contribution in [0.5, 0.6) is 0 Å². The summed E-state index contributed by atoms with van der Waals surface area (Å²) in [6, 6.07) is 0. The van der Waals surface area contributed by atoms with Crippen molar-refractivity contribution in [1.29, 1.82) is 0 Å². The molecule has 1 aliphatic rings. The lowest BCUT2D eigenvalue weighted by atomic mass is 9.81. The fraction of sp³-hybridized carbons (Fsp3) is 1.00. The Morgan fingerprint density at radius 1 is 0.800 bits per heavy atom. The molecule has 1 rings (SSSR count). The zero-order valence-electron chi connectivity index (χ0n) is 7.14. The van der Waals surface area contributed by atoms with E-state index in [0.29, 0.717) is 0 Å². The third kappa shape index (κ3) is 4.03. The molecule has 4 radical (unpaired) electrons. The van der Waals surface area contributed by atoms with E-state index in [1.54, 1.807) is 0 Å². The van der Waals surface area contributed by atoms with Crippen LogP contribution in [0.1, 0.15) is 39.5 Å². The molecule has 0 N–H and O–H groups in total. The number of hydrogen-bond donors (Lipinski definition) is 0. The molecule has 0 aliphatic heterocycles. The van der Waals surface area contributed by atoms with Crippen LogP contribution in [0.2, 0.25) is 0 Å². The molecule has 2 heteroatoms. The first-order valence-electron chi connectivity index (χ1n) is 4.12. The minimum Gasteiger partial charge on any atom is -0.0625 e. The van der Waals surface area contributed by atoms with E-state index in [0.717, 1.165) is 11.8 Å². The molecule has 1 saturated carbocycles. The highest BCUT2D eigenvalue weighted by Crippen LogP contribution is 2.27. The highest BCUT2D eigenvalue weighted by molar-refractivity contribution is 6.75. The molecule has 0 aromatic rings. The standard InChI is InChI=1S/C8H16.B2/c1-7-3-5-8(2)6-4-7;1-2/h7-8H,3-6H2,1-2H3;. The highest BCUT2D eigenvalue weighted by Gasteiger charge is 2.13. The van der Waals surface area contributed by atoms with Gasteiger partial charge in [0, 0.05) is 15.5 Å². The topological polar surface area (TPSA) is 0 Å². The van der Waals surface area contributed by atoms with Gasteiger partial charge in [-0.15, -0.1) is 0 Å². The van der Waals surface area contributed by atoms with Gasteiger partial charge in [0.15, 0.2) is 0 Å². The minimum absolute atomic E-state index is 1.02. The summed E-state index contributed by atoms with van der Waals surface area (Å²) in [4.78, 5) is 0. The maximum Gasteiger partial charge on any atom is 0 e. The Kier molecular flexibility index (Phi) is 5.96. The van der Waals surface area contributed by atoms with Crippen LogP contribution in [0.4, 0.5) is 0 Å². The average molecular weight is 134 g/mol. The fourth-order valence-corrected chi connectivity index (χ4v) is 1.43. The average Bonchev–Trinajstić information content (AvgIpc) is 2.00. The van der Waals surface area contributed by atoms with Crippen LogP contribution in [-0.4, -0.2) is 15.5 Å². The van der Waals surface area contributed by atoms with Crippen molar-refractivity contribution in [2.75, 3.05) is 0 Å². The third-order valence-electron chi connectivity index (χ3n) is 2.30. The monoisotopic (exact) mass is 134 g/mol. The molecule has 1 fully saturated rings. The lowest BCUT2D eigenvalue weighted by Gasteiger charge is -2.22. The summed E-state index contributed by atoms with van der Waals surface area (Å²) in [6.07, 6.45) is 5.89. The van der Waals surface area contributed by atoms with Crippen LogP contribution in [0.15, 0.2) is 0 Å². The second-order valence-electron chi connectivity index (χ2n) is 3.37. The van der Waals surface area contributed by atoms with E-state index in [1.807, 2.05) is 0 Å². The molecule has 0 amide bonds. The second-order valence-corrected chi connectivity index (χ2v) is 3.37. The van der Waals surface area contributed by atoms with Gasteiger partial charge in [-0.1, -0.05) is 39.5 Å². The van der Waals surface area contributed by atoms with Gasteiger partial charge in [0.05, 0.1) is 0 Å². The molecule has 0 nitrogen and oxygen atoms in total. The van der Waals surface area contributed by atoms with Gasteiger partial charge in [0.1, 0.15) is 0 Å². The van der Waals surface area contributed by atoms with Gasteiger partial charge in [-0.3, -0.25) is 0 Å². The first-order valence-corrected chi connectivity index (χ1v) is 4.12. The Morgan fingerprint density at radius 2 is 1.00 bits per heavy atom. The Bertz CT molecular complexity index is 55.7. The predicted octanol–water partition coefficient (Wildman–Crippen LogP) is 2.07. The Hall–Kier alpha value is 0.130. The highest BCUT2D eigenvalue weighted by atomic mass is 14.2. The lowest BCUT2D eigenvalue weighted by Crippen LogP contribution is -2.08. The van der Waals surface area contributed by atoms with Crippen LogP contribution in [-0.2, 0) is 0 Å². The zero-order chi connectivity index (χ0) is 7.98. The number of hydrogen-bond acceptors (Lipinski definition) is 0. The van der Waals surface area contributed by atoms with Gasteiger partial charge in [-0.05, 0) is 11.8 Å². The fourth-order valence-electron chi connectivity index (χ4n) is 1.43. The molecular formula is C8H16B2. The molecule has 54 valence electrons. The molecule has 0 saturated heterocycles. The molecule has 0 spiro atoms. The maximum atomic E-state index is 4.00. The van der Waals surface area contributed by atoms with Crippen LogP contribution >= 0.6 is 0 Å². The summed E-state index contributed by atoms with van der Waals surface area (Å²) in [5, 5.41) is 0. The van der Waals surface area contributed by atoms with Crippen LogP contribution in [0, 0.1) is 11.8 Å². The molecule has 0 bridgehead atoms. The third-order valence-corrected chi connectivity index (χ3v) is 2.30. The van der Waals surface area contributed by atoms with E-state index in [1.165, 1.54) is 25.7 Å². The summed E-state index contributed by atoms with van der Waals surface area (Å²) >= 11 is 0. The van der Waals surface area contributed by atoms with Crippen LogP contribution in [0.3, 0.4) is 0 Å². The smallest absolute Gasteiger partial charge is 0 e. The first kappa shape index (κ1) is 10.1. The van der Waals surface area contributed by atoms with Gasteiger partial charge >= 0.3 is 0 Å². The Morgan fingerprint density at radius 3 is 1.20 bits per heavy atom. The summed E-state index contributed by atoms with van der Waals surface area (Å²) in [6.45, 7) is 4.73. The Labute approximate surface area is 67.6 Å². The van der Waals surface area contributed by atoms with Crippen molar-refractivity contribution in [3.8, 4) is 0 Å². The van der Waals surface area contributed by atoms with Crippen molar-refractivity contribution < 1.29 is 0 Å². The number of rotatable bonds is 0. The van der Waals surface area contributed by atoms with Gasteiger partial charge < -0.3 is 0 Å². The van der Waals surface area contributed by atoms with E-state index in [4.69, 9.17) is 0 Å². The summed E-state index contributed by atoms with van der Waals surface area (Å²) in [5.41, 5.74) is 0. The molecule has 10 heavy (non-hydrogen) atoms. The summed E-state index contributed by atoms with van der Waals surface area (Å²) in [7, 11) is 8.00. The Balaban J connectivity index is 0.000000371. The summed E-state index contributed by atoms with van der Waals surface area (Å²) in [5.74, 6) is 2.04. The summed E-state index contributed by atoms with van der Waals surface area (Å²) < 4.78 is 0. The van der Waals surface area contributed by atoms with Gasteiger partial charge in [0.2, 0.25) is 0 Å². The molecule has 1 aliphatic carbocycles. The first-order chi connectivity index (χ1) is 4.79. The van der Waals surface area contributed by atoms with Crippen molar-refractivity contribution in [1.82, 2.24) is 0 Å². The molecule has 0 aromatic heterocycles. The van der Waals surface area contributed by atoms with E-state index < -0.39 is 0 Å². The molecular weight excluding hydrogens is 118 g/mol. The van der Waals surface area contributed by atoms with Crippen molar-refractivity contribution >= 4 is 15.5 Å². The quantitative estimate of drug-likeness (QED) is 0.444. The predicted molar refractivity (Wildman–Crippen MR) is 48.3 cm³/mol. The molecule has 0 aromatic carbocycles. The van der Waals surface area contributed by atoms with Crippen molar-refractivity contribution in [2.45, 2.75) is 39.5 Å². The maximum absolute atomic E-state index is 4.00. The lowest BCUT2D eigenvalue weighted by molar-refractivity contribution is 0.308. The van der Waals surface area contributed by atoms with Gasteiger partial charge in [-0.2, -0.15) is 0 Å². The van der Waals surface area contributed by atoms with E-state index in [9.17, 15) is 0 Å². The zero-order valence-corrected chi connectivity index (χ0v) is 7.14. The second kappa shape index (κ2) is 5.88. The molecule has 0 atom stereocenters. The normalized spacial score (nSPS) is 32.2. The van der Waals surface area contributed by atoms with E-state index in [-0.39, 0.29) is 0 Å². The van der Waals surface area contributed by atoms with E-state index >= 15 is 0 Å².